The van der Waals surface area contributed by atoms with Gasteiger partial charge in [0.1, 0.15) is 0 Å². The van der Waals surface area contributed by atoms with Gasteiger partial charge >= 0.3 is 11.4 Å². The molecular formula is C12H20N4O2. The van der Waals surface area contributed by atoms with Gasteiger partial charge in [-0.3, -0.25) is 4.57 Å². The summed E-state index contributed by atoms with van der Waals surface area (Å²) in [6.45, 7) is 2.53. The van der Waals surface area contributed by atoms with E-state index in [9.17, 15) is 9.59 Å². The molecule has 1 aliphatic carbocycles. The summed E-state index contributed by atoms with van der Waals surface area (Å²) in [5, 5.41) is 2.93. The Morgan fingerprint density at radius 3 is 2.56 bits per heavy atom. The number of nitrogens with one attached hydrogen (secondary N) is 1. The van der Waals surface area contributed by atoms with Crippen molar-refractivity contribution in [2.24, 2.45) is 7.05 Å². The fourth-order valence-corrected chi connectivity index (χ4v) is 2.52. The van der Waals surface area contributed by atoms with Gasteiger partial charge in [-0.15, -0.1) is 0 Å². The predicted molar refractivity (Wildman–Crippen MR) is 70.0 cm³/mol. The summed E-state index contributed by atoms with van der Waals surface area (Å²) in [4.78, 5) is 28.2. The molecule has 0 unspecified atom stereocenters. The molecule has 6 heteroatoms. The van der Waals surface area contributed by atoms with E-state index >= 15 is 0 Å². The molecule has 0 atom stereocenters. The van der Waals surface area contributed by atoms with E-state index in [0.717, 1.165) is 25.7 Å². The maximum absolute atomic E-state index is 12.2. The van der Waals surface area contributed by atoms with Crippen molar-refractivity contribution in [1.82, 2.24) is 14.1 Å². The van der Waals surface area contributed by atoms with Gasteiger partial charge in [0.15, 0.2) is 0 Å². The van der Waals surface area contributed by atoms with Gasteiger partial charge in [0, 0.05) is 19.6 Å². The molecule has 1 heterocycles. The van der Waals surface area contributed by atoms with E-state index in [-0.39, 0.29) is 11.7 Å². The van der Waals surface area contributed by atoms with Crippen molar-refractivity contribution in [1.29, 1.82) is 0 Å². The molecule has 6 nitrogen and oxygen atoms in total. The number of hydrogen-bond acceptors (Lipinski definition) is 4. The first-order chi connectivity index (χ1) is 8.65. The molecule has 0 aliphatic heterocycles. The van der Waals surface area contributed by atoms with Gasteiger partial charge in [-0.1, -0.05) is 19.3 Å². The highest BCUT2D eigenvalue weighted by atomic mass is 16.2. The highest BCUT2D eigenvalue weighted by molar-refractivity contribution is 5.22. The van der Waals surface area contributed by atoms with Gasteiger partial charge in [0.25, 0.3) is 0 Å². The van der Waals surface area contributed by atoms with Crippen LogP contribution in [0.2, 0.25) is 0 Å². The lowest BCUT2D eigenvalue weighted by atomic mass is 9.95. The number of rotatable bonds is 3. The van der Waals surface area contributed by atoms with Crippen LogP contribution in [0, 0.1) is 0 Å². The van der Waals surface area contributed by atoms with Crippen molar-refractivity contribution in [2.75, 3.05) is 11.9 Å². The minimum Gasteiger partial charge on any atom is -0.356 e. The zero-order valence-corrected chi connectivity index (χ0v) is 11.0. The molecule has 0 saturated heterocycles. The Balaban J connectivity index is 2.45. The van der Waals surface area contributed by atoms with Gasteiger partial charge < -0.3 is 5.32 Å². The Hall–Kier alpha value is -1.59. The molecule has 18 heavy (non-hydrogen) atoms. The summed E-state index contributed by atoms with van der Waals surface area (Å²) in [5.41, 5.74) is -0.696. The maximum Gasteiger partial charge on any atom is 0.355 e. The summed E-state index contributed by atoms with van der Waals surface area (Å²) in [7, 11) is 1.64. The van der Waals surface area contributed by atoms with Gasteiger partial charge in [-0.2, -0.15) is 4.98 Å². The lowest BCUT2D eigenvalue weighted by Crippen LogP contribution is -2.44. The second-order valence-corrected chi connectivity index (χ2v) is 4.75. The van der Waals surface area contributed by atoms with Crippen molar-refractivity contribution < 1.29 is 0 Å². The van der Waals surface area contributed by atoms with Crippen LogP contribution in [0.1, 0.15) is 45.1 Å². The van der Waals surface area contributed by atoms with Crippen LogP contribution in [0.15, 0.2) is 9.59 Å². The van der Waals surface area contributed by atoms with Crippen molar-refractivity contribution in [3.63, 3.8) is 0 Å². The molecule has 1 aromatic rings. The largest absolute Gasteiger partial charge is 0.356 e. The van der Waals surface area contributed by atoms with E-state index in [1.54, 1.807) is 7.05 Å². The third-order valence-electron chi connectivity index (χ3n) is 3.49. The number of nitrogens with zero attached hydrogens (tertiary/aromatic N) is 3. The van der Waals surface area contributed by atoms with E-state index in [1.165, 1.54) is 15.6 Å². The fourth-order valence-electron chi connectivity index (χ4n) is 2.52. The van der Waals surface area contributed by atoms with Crippen molar-refractivity contribution >= 4 is 5.95 Å². The second kappa shape index (κ2) is 5.37. The Morgan fingerprint density at radius 2 is 1.94 bits per heavy atom. The van der Waals surface area contributed by atoms with Crippen LogP contribution in [-0.2, 0) is 7.05 Å². The molecule has 2 rings (SSSR count). The van der Waals surface area contributed by atoms with Crippen LogP contribution in [0.25, 0.3) is 0 Å². The Labute approximate surface area is 106 Å². The van der Waals surface area contributed by atoms with Crippen molar-refractivity contribution in [2.45, 2.75) is 45.1 Å². The average Bonchev–Trinajstić information content (AvgIpc) is 2.37. The molecule has 1 N–H and O–H groups in total. The summed E-state index contributed by atoms with van der Waals surface area (Å²) in [6.07, 6.45) is 5.15. The molecule has 0 amide bonds. The molecule has 100 valence electrons. The quantitative estimate of drug-likeness (QED) is 0.867. The molecule has 0 aromatic carbocycles. The highest BCUT2D eigenvalue weighted by Gasteiger charge is 2.20. The molecule has 1 saturated carbocycles. The maximum atomic E-state index is 12.2. The summed E-state index contributed by atoms with van der Waals surface area (Å²) in [6, 6.07) is 0.0214. The van der Waals surface area contributed by atoms with Gasteiger partial charge in [-0.05, 0) is 19.8 Å². The number of hydrogen-bond donors (Lipinski definition) is 1. The van der Waals surface area contributed by atoms with Crippen LogP contribution in [0.4, 0.5) is 5.95 Å². The molecular weight excluding hydrogens is 232 g/mol. The highest BCUT2D eigenvalue weighted by Crippen LogP contribution is 2.25. The van der Waals surface area contributed by atoms with E-state index in [0.29, 0.717) is 12.5 Å². The zero-order chi connectivity index (χ0) is 13.1. The third-order valence-corrected chi connectivity index (χ3v) is 3.49. The number of aromatic nitrogens is 3. The normalized spacial score (nSPS) is 16.8. The van der Waals surface area contributed by atoms with Crippen molar-refractivity contribution in [3.05, 3.63) is 21.0 Å². The fraction of sp³-hybridized carbons (Fsp3) is 0.750. The van der Waals surface area contributed by atoms with E-state index in [2.05, 4.69) is 10.3 Å². The molecule has 1 aliphatic rings. The second-order valence-electron chi connectivity index (χ2n) is 4.75. The van der Waals surface area contributed by atoms with Gasteiger partial charge in [0.2, 0.25) is 5.95 Å². The molecule has 1 fully saturated rings. The van der Waals surface area contributed by atoms with E-state index in [1.807, 2.05) is 6.92 Å². The first-order valence-electron chi connectivity index (χ1n) is 6.58. The van der Waals surface area contributed by atoms with Crippen LogP contribution in [-0.4, -0.2) is 20.7 Å². The minimum atomic E-state index is -0.430. The first-order valence-corrected chi connectivity index (χ1v) is 6.58. The lowest BCUT2D eigenvalue weighted by Gasteiger charge is -2.23. The third kappa shape index (κ3) is 2.32. The molecule has 0 spiro atoms. The zero-order valence-electron chi connectivity index (χ0n) is 11.0. The number of anilines is 1. The van der Waals surface area contributed by atoms with Crippen molar-refractivity contribution in [3.8, 4) is 0 Å². The van der Waals surface area contributed by atoms with Crippen LogP contribution >= 0.6 is 0 Å². The van der Waals surface area contributed by atoms with Gasteiger partial charge in [-0.25, -0.2) is 14.2 Å². The Kier molecular flexibility index (Phi) is 3.84. The molecule has 0 bridgehead atoms. The van der Waals surface area contributed by atoms with Crippen LogP contribution in [0.5, 0.6) is 0 Å². The van der Waals surface area contributed by atoms with Crippen LogP contribution < -0.4 is 16.7 Å². The lowest BCUT2D eigenvalue weighted by molar-refractivity contribution is 0.327. The Morgan fingerprint density at radius 1 is 1.28 bits per heavy atom. The minimum absolute atomic E-state index is 0.0214. The summed E-state index contributed by atoms with van der Waals surface area (Å²) >= 11 is 0. The average molecular weight is 252 g/mol. The smallest absolute Gasteiger partial charge is 0.355 e. The topological polar surface area (TPSA) is 68.9 Å². The molecule has 1 aromatic heterocycles. The predicted octanol–water partition coefficient (Wildman–Crippen LogP) is 0.879. The van der Waals surface area contributed by atoms with E-state index < -0.39 is 5.69 Å². The molecule has 0 radical (unpaired) electrons. The Bertz CT molecular complexity index is 526. The SMILES string of the molecule is CCNc1nc(=O)n(C2CCCCC2)c(=O)n1C. The monoisotopic (exact) mass is 252 g/mol. The standard InChI is InChI=1S/C12H20N4O2/c1-3-13-10-14-11(17)16(12(18)15(10)2)9-7-5-4-6-8-9/h9H,3-8H2,1-2H3,(H,13,14,17). The first kappa shape index (κ1) is 12.9. The van der Waals surface area contributed by atoms with Gasteiger partial charge in [0.05, 0.1) is 0 Å². The summed E-state index contributed by atoms with van der Waals surface area (Å²) < 4.78 is 2.74. The van der Waals surface area contributed by atoms with Crippen LogP contribution in [0.3, 0.4) is 0 Å². The van der Waals surface area contributed by atoms with E-state index in [4.69, 9.17) is 0 Å². The summed E-state index contributed by atoms with van der Waals surface area (Å²) in [5.74, 6) is 0.347.